The van der Waals surface area contributed by atoms with Crippen molar-refractivity contribution in [1.82, 2.24) is 15.5 Å². The Morgan fingerprint density at radius 2 is 1.95 bits per heavy atom. The first-order valence-electron chi connectivity index (χ1n) is 6.70. The van der Waals surface area contributed by atoms with Gasteiger partial charge in [-0.3, -0.25) is 0 Å². The van der Waals surface area contributed by atoms with Crippen molar-refractivity contribution in [2.75, 3.05) is 7.05 Å². The Bertz CT molecular complexity index is 563. The van der Waals surface area contributed by atoms with Gasteiger partial charge in [0, 0.05) is 17.5 Å². The van der Waals surface area contributed by atoms with Crippen molar-refractivity contribution in [3.05, 3.63) is 46.6 Å². The molecule has 0 amide bonds. The predicted molar refractivity (Wildman–Crippen MR) is 80.1 cm³/mol. The number of benzene rings is 1. The molecule has 0 bridgehead atoms. The minimum Gasteiger partial charge on any atom is -0.338 e. The van der Waals surface area contributed by atoms with Crippen LogP contribution in [-0.2, 0) is 11.8 Å². The Kier molecular flexibility index (Phi) is 4.45. The lowest BCUT2D eigenvalue weighted by Gasteiger charge is -2.20. The minimum atomic E-state index is -0.335. The summed E-state index contributed by atoms with van der Waals surface area (Å²) in [6.07, 6.45) is 0.747. The maximum atomic E-state index is 5.93. The molecule has 108 valence electrons. The van der Waals surface area contributed by atoms with Crippen molar-refractivity contribution in [2.24, 2.45) is 0 Å². The van der Waals surface area contributed by atoms with E-state index in [1.807, 2.05) is 31.3 Å². The van der Waals surface area contributed by atoms with Crippen LogP contribution in [0.25, 0.3) is 0 Å². The lowest BCUT2D eigenvalue weighted by atomic mass is 9.84. The molecule has 1 aromatic heterocycles. The van der Waals surface area contributed by atoms with Gasteiger partial charge in [-0.25, -0.2) is 0 Å². The lowest BCUT2D eigenvalue weighted by molar-refractivity contribution is 0.329. The molecule has 0 radical (unpaired) electrons. The number of rotatable bonds is 5. The molecule has 0 fully saturated rings. The average Bonchev–Trinajstić information content (AvgIpc) is 2.88. The van der Waals surface area contributed by atoms with E-state index in [0.717, 1.165) is 22.8 Å². The van der Waals surface area contributed by atoms with E-state index in [4.69, 9.17) is 16.1 Å². The van der Waals surface area contributed by atoms with Gasteiger partial charge in [-0.05, 0) is 45.5 Å². The van der Waals surface area contributed by atoms with E-state index in [1.165, 1.54) is 0 Å². The van der Waals surface area contributed by atoms with Crippen LogP contribution in [-0.4, -0.2) is 23.2 Å². The Balaban J connectivity index is 2.23. The predicted octanol–water partition coefficient (Wildman–Crippen LogP) is 3.20. The molecule has 0 aliphatic rings. The van der Waals surface area contributed by atoms with Gasteiger partial charge in [-0.1, -0.05) is 28.9 Å². The average molecular weight is 294 g/mol. The molecule has 0 aliphatic carbocycles. The largest absolute Gasteiger partial charge is 0.338 e. The molecular weight excluding hydrogens is 274 g/mol. The van der Waals surface area contributed by atoms with Crippen molar-refractivity contribution in [1.29, 1.82) is 0 Å². The summed E-state index contributed by atoms with van der Waals surface area (Å²) >= 11 is 5.93. The molecule has 0 aliphatic heterocycles. The van der Waals surface area contributed by atoms with Crippen LogP contribution in [0.1, 0.15) is 38.0 Å². The Morgan fingerprint density at radius 3 is 2.55 bits per heavy atom. The molecular formula is C15H20ClN3O. The first-order chi connectivity index (χ1) is 9.43. The highest BCUT2D eigenvalue weighted by molar-refractivity contribution is 6.30. The van der Waals surface area contributed by atoms with Crippen molar-refractivity contribution < 1.29 is 4.52 Å². The van der Waals surface area contributed by atoms with Gasteiger partial charge in [0.05, 0.1) is 5.41 Å². The molecule has 1 atom stereocenters. The van der Waals surface area contributed by atoms with Crippen LogP contribution >= 0.6 is 11.6 Å². The zero-order valence-corrected chi connectivity index (χ0v) is 13.0. The minimum absolute atomic E-state index is 0.319. The first-order valence-corrected chi connectivity index (χ1v) is 7.07. The third-order valence-electron chi connectivity index (χ3n) is 3.55. The van der Waals surface area contributed by atoms with Crippen LogP contribution in [0.4, 0.5) is 0 Å². The first kappa shape index (κ1) is 15.0. The SMILES string of the molecule is CNC(C)Cc1noc(C(C)(C)c2ccc(Cl)cc2)n1. The second-order valence-electron chi connectivity index (χ2n) is 5.54. The fourth-order valence-corrected chi connectivity index (χ4v) is 2.08. The summed E-state index contributed by atoms with van der Waals surface area (Å²) in [7, 11) is 1.92. The highest BCUT2D eigenvalue weighted by atomic mass is 35.5. The van der Waals surface area contributed by atoms with Crippen molar-refractivity contribution >= 4 is 11.6 Å². The van der Waals surface area contributed by atoms with Crippen LogP contribution in [0.15, 0.2) is 28.8 Å². The zero-order chi connectivity index (χ0) is 14.8. The summed E-state index contributed by atoms with van der Waals surface area (Å²) in [4.78, 5) is 4.52. The molecule has 2 rings (SSSR count). The molecule has 0 saturated carbocycles. The number of nitrogens with zero attached hydrogens (tertiary/aromatic N) is 2. The summed E-state index contributed by atoms with van der Waals surface area (Å²) in [6.45, 7) is 6.21. The highest BCUT2D eigenvalue weighted by Crippen LogP contribution is 2.30. The molecule has 0 spiro atoms. The maximum absolute atomic E-state index is 5.93. The topological polar surface area (TPSA) is 51.0 Å². The van der Waals surface area contributed by atoms with E-state index in [0.29, 0.717) is 11.9 Å². The number of likely N-dealkylation sites (N-methyl/N-ethyl adjacent to an activating group) is 1. The van der Waals surface area contributed by atoms with E-state index >= 15 is 0 Å². The Labute approximate surface area is 124 Å². The molecule has 4 nitrogen and oxygen atoms in total. The molecule has 5 heteroatoms. The third-order valence-corrected chi connectivity index (χ3v) is 3.80. The highest BCUT2D eigenvalue weighted by Gasteiger charge is 2.29. The standard InChI is InChI=1S/C15H20ClN3O/c1-10(17-4)9-13-18-14(20-19-13)15(2,3)11-5-7-12(16)8-6-11/h5-8,10,17H,9H2,1-4H3. The van der Waals surface area contributed by atoms with Gasteiger partial charge in [0.25, 0.3) is 0 Å². The third kappa shape index (κ3) is 3.19. The Hall–Kier alpha value is -1.39. The maximum Gasteiger partial charge on any atom is 0.236 e. The fraction of sp³-hybridized carbons (Fsp3) is 0.467. The second-order valence-corrected chi connectivity index (χ2v) is 5.98. The Morgan fingerprint density at radius 1 is 1.30 bits per heavy atom. The van der Waals surface area contributed by atoms with Gasteiger partial charge in [-0.2, -0.15) is 4.98 Å². The van der Waals surface area contributed by atoms with Gasteiger partial charge < -0.3 is 9.84 Å². The van der Waals surface area contributed by atoms with Gasteiger partial charge >= 0.3 is 0 Å². The van der Waals surface area contributed by atoms with Gasteiger partial charge in [0.1, 0.15) is 0 Å². The van der Waals surface area contributed by atoms with Crippen LogP contribution < -0.4 is 5.32 Å². The summed E-state index contributed by atoms with van der Waals surface area (Å²) in [5, 5.41) is 7.95. The zero-order valence-electron chi connectivity index (χ0n) is 12.3. The number of aromatic nitrogens is 2. The molecule has 0 saturated heterocycles. The monoisotopic (exact) mass is 293 g/mol. The van der Waals surface area contributed by atoms with Crippen molar-refractivity contribution in [3.63, 3.8) is 0 Å². The van der Waals surface area contributed by atoms with Crippen LogP contribution in [0, 0.1) is 0 Å². The van der Waals surface area contributed by atoms with E-state index in [9.17, 15) is 0 Å². The number of hydrogen-bond acceptors (Lipinski definition) is 4. The lowest BCUT2D eigenvalue weighted by Crippen LogP contribution is -2.24. The summed E-state index contributed by atoms with van der Waals surface area (Å²) in [5.74, 6) is 1.35. The molecule has 1 unspecified atom stereocenters. The van der Waals surface area contributed by atoms with Gasteiger partial charge in [-0.15, -0.1) is 0 Å². The van der Waals surface area contributed by atoms with Gasteiger partial charge in [0.2, 0.25) is 5.89 Å². The summed E-state index contributed by atoms with van der Waals surface area (Å²) in [5.41, 5.74) is 0.761. The van der Waals surface area contributed by atoms with E-state index in [1.54, 1.807) is 0 Å². The van der Waals surface area contributed by atoms with E-state index in [2.05, 4.69) is 36.2 Å². The molecule has 2 aromatic rings. The van der Waals surface area contributed by atoms with Gasteiger partial charge in [0.15, 0.2) is 5.82 Å². The molecule has 1 heterocycles. The molecule has 1 aromatic carbocycles. The quantitative estimate of drug-likeness (QED) is 0.920. The van der Waals surface area contributed by atoms with Crippen LogP contribution in [0.3, 0.4) is 0 Å². The number of nitrogens with one attached hydrogen (secondary N) is 1. The van der Waals surface area contributed by atoms with Crippen LogP contribution in [0.2, 0.25) is 5.02 Å². The summed E-state index contributed by atoms with van der Waals surface area (Å²) in [6, 6.07) is 8.04. The van der Waals surface area contributed by atoms with E-state index < -0.39 is 0 Å². The molecule has 1 N–H and O–H groups in total. The smallest absolute Gasteiger partial charge is 0.236 e. The number of hydrogen-bond donors (Lipinski definition) is 1. The van der Waals surface area contributed by atoms with Crippen molar-refractivity contribution in [3.8, 4) is 0 Å². The second kappa shape index (κ2) is 5.94. The molecule has 20 heavy (non-hydrogen) atoms. The van der Waals surface area contributed by atoms with Crippen LogP contribution in [0.5, 0.6) is 0 Å². The number of halogens is 1. The summed E-state index contributed by atoms with van der Waals surface area (Å²) < 4.78 is 5.44. The van der Waals surface area contributed by atoms with E-state index in [-0.39, 0.29) is 5.41 Å². The normalized spacial score (nSPS) is 13.4. The van der Waals surface area contributed by atoms with Crippen molar-refractivity contribution in [2.45, 2.75) is 38.6 Å². The fourth-order valence-electron chi connectivity index (χ4n) is 1.96.